The normalized spacial score (nSPS) is 15.3. The molecule has 0 amide bonds. The molecule has 2 aromatic carbocycles. The predicted molar refractivity (Wildman–Crippen MR) is 131 cm³/mol. The van der Waals surface area contributed by atoms with E-state index in [0.29, 0.717) is 62.4 Å². The zero-order chi connectivity index (χ0) is 24.1. The zero-order valence-electron chi connectivity index (χ0n) is 18.9. The minimum Gasteiger partial charge on any atom is -0.382 e. The van der Waals surface area contributed by atoms with Crippen LogP contribution >= 0.6 is 23.4 Å². The number of imidazole rings is 1. The van der Waals surface area contributed by atoms with E-state index < -0.39 is 10.0 Å². The number of nitrogens with zero attached hydrogens (tertiary/aromatic N) is 3. The second-order valence-corrected chi connectivity index (χ2v) is 11.1. The van der Waals surface area contributed by atoms with Crippen LogP contribution in [0.25, 0.3) is 11.0 Å². The van der Waals surface area contributed by atoms with Crippen LogP contribution in [0.15, 0.2) is 46.5 Å². The van der Waals surface area contributed by atoms with Gasteiger partial charge < -0.3 is 14.0 Å². The first-order valence-electron chi connectivity index (χ1n) is 11.1. The molecule has 3 aromatic rings. The molecule has 0 saturated carbocycles. The molecule has 11 heteroatoms. The van der Waals surface area contributed by atoms with E-state index in [1.807, 2.05) is 13.0 Å². The molecule has 0 aliphatic carbocycles. The first-order chi connectivity index (χ1) is 16.4. The van der Waals surface area contributed by atoms with Crippen molar-refractivity contribution in [3.63, 3.8) is 0 Å². The molecular weight excluding hydrogens is 501 g/mol. The van der Waals surface area contributed by atoms with Crippen molar-refractivity contribution < 1.29 is 22.3 Å². The number of fused-ring (bicyclic) bond motifs is 1. The molecular formula is C23H27ClFN3O4S2. The number of halogens is 2. The standard InChI is InChI=1S/C23H27ClFN3O4S2/c1-2-31-11-3-8-28-22-7-6-19(34(29,30)27-9-12-32-13-10-27)15-21(22)26-23(28)33-16-17-4-5-18(25)14-20(17)24/h4-7,14-15H,2-3,8-13,16H2,1H3. The van der Waals surface area contributed by atoms with E-state index >= 15 is 0 Å². The first kappa shape index (κ1) is 25.4. The zero-order valence-corrected chi connectivity index (χ0v) is 21.3. The molecule has 1 aliphatic rings. The predicted octanol–water partition coefficient (Wildman–Crippen LogP) is 4.57. The van der Waals surface area contributed by atoms with Gasteiger partial charge in [-0.3, -0.25) is 0 Å². The number of thioether (sulfide) groups is 1. The maximum atomic E-state index is 13.4. The van der Waals surface area contributed by atoms with Gasteiger partial charge in [-0.2, -0.15) is 4.31 Å². The second-order valence-electron chi connectivity index (χ2n) is 7.79. The number of hydrogen-bond donors (Lipinski definition) is 0. The van der Waals surface area contributed by atoms with Gasteiger partial charge in [0.15, 0.2) is 5.16 Å². The largest absolute Gasteiger partial charge is 0.382 e. The Kier molecular flexibility index (Phi) is 8.49. The Morgan fingerprint density at radius 3 is 2.74 bits per heavy atom. The van der Waals surface area contributed by atoms with Crippen LogP contribution in [0.1, 0.15) is 18.9 Å². The van der Waals surface area contributed by atoms with Crippen molar-refractivity contribution >= 4 is 44.4 Å². The van der Waals surface area contributed by atoms with Crippen molar-refractivity contribution in [1.29, 1.82) is 0 Å². The lowest BCUT2D eigenvalue weighted by Gasteiger charge is -2.26. The van der Waals surface area contributed by atoms with Gasteiger partial charge in [0, 0.05) is 43.6 Å². The highest BCUT2D eigenvalue weighted by atomic mass is 35.5. The average molecular weight is 528 g/mol. The summed E-state index contributed by atoms with van der Waals surface area (Å²) in [6.07, 6.45) is 0.790. The molecule has 184 valence electrons. The maximum absolute atomic E-state index is 13.4. The fourth-order valence-corrected chi connectivity index (χ4v) is 6.55. The van der Waals surface area contributed by atoms with Crippen LogP contribution in [0.5, 0.6) is 0 Å². The quantitative estimate of drug-likeness (QED) is 0.284. The Hall–Kier alpha value is -1.69. The van der Waals surface area contributed by atoms with E-state index in [9.17, 15) is 12.8 Å². The lowest BCUT2D eigenvalue weighted by atomic mass is 10.2. The number of rotatable bonds is 10. The fraction of sp³-hybridized carbons (Fsp3) is 0.435. The van der Waals surface area contributed by atoms with Crippen molar-refractivity contribution in [2.75, 3.05) is 39.5 Å². The molecule has 0 atom stereocenters. The minimum absolute atomic E-state index is 0.221. The van der Waals surface area contributed by atoms with Gasteiger partial charge in [0.05, 0.1) is 29.1 Å². The number of ether oxygens (including phenoxy) is 2. The molecule has 0 unspecified atom stereocenters. The highest BCUT2D eigenvalue weighted by molar-refractivity contribution is 7.98. The fourth-order valence-electron chi connectivity index (χ4n) is 3.76. The lowest BCUT2D eigenvalue weighted by molar-refractivity contribution is 0.0730. The van der Waals surface area contributed by atoms with Crippen LogP contribution in [0.4, 0.5) is 4.39 Å². The van der Waals surface area contributed by atoms with Crippen LogP contribution in [0.3, 0.4) is 0 Å². The Bertz CT molecular complexity index is 1250. The number of benzene rings is 2. The SMILES string of the molecule is CCOCCCn1c(SCc2ccc(F)cc2Cl)nc2cc(S(=O)(=O)N3CCOCC3)ccc21. The Balaban J connectivity index is 1.63. The summed E-state index contributed by atoms with van der Waals surface area (Å²) in [5, 5.41) is 1.11. The molecule has 7 nitrogen and oxygen atoms in total. The summed E-state index contributed by atoms with van der Waals surface area (Å²) in [7, 11) is -3.62. The molecule has 0 bridgehead atoms. The van der Waals surface area contributed by atoms with Crippen LogP contribution in [0, 0.1) is 5.82 Å². The van der Waals surface area contributed by atoms with Crippen molar-refractivity contribution in [3.8, 4) is 0 Å². The van der Waals surface area contributed by atoms with E-state index in [4.69, 9.17) is 26.1 Å². The molecule has 1 aromatic heterocycles. The van der Waals surface area contributed by atoms with Gasteiger partial charge in [0.1, 0.15) is 5.82 Å². The Morgan fingerprint density at radius 2 is 2.00 bits per heavy atom. The molecule has 1 fully saturated rings. The number of hydrogen-bond acceptors (Lipinski definition) is 6. The summed E-state index contributed by atoms with van der Waals surface area (Å²) in [4.78, 5) is 4.97. The number of aryl methyl sites for hydroxylation is 1. The van der Waals surface area contributed by atoms with Crippen LogP contribution < -0.4 is 0 Å². The Morgan fingerprint density at radius 1 is 1.21 bits per heavy atom. The van der Waals surface area contributed by atoms with Crippen molar-refractivity contribution in [2.24, 2.45) is 0 Å². The molecule has 1 aliphatic heterocycles. The van der Waals surface area contributed by atoms with E-state index in [2.05, 4.69) is 4.57 Å². The third-order valence-corrected chi connectivity index (χ3v) is 8.81. The van der Waals surface area contributed by atoms with Gasteiger partial charge in [-0.05, 0) is 49.2 Å². The van der Waals surface area contributed by atoms with E-state index in [-0.39, 0.29) is 10.7 Å². The molecule has 34 heavy (non-hydrogen) atoms. The summed E-state index contributed by atoms with van der Waals surface area (Å²) in [5.41, 5.74) is 2.26. The summed E-state index contributed by atoms with van der Waals surface area (Å²) >= 11 is 7.68. The monoisotopic (exact) mass is 527 g/mol. The smallest absolute Gasteiger partial charge is 0.243 e. The molecule has 0 radical (unpaired) electrons. The van der Waals surface area contributed by atoms with Gasteiger partial charge in [-0.25, -0.2) is 17.8 Å². The first-order valence-corrected chi connectivity index (χ1v) is 13.9. The maximum Gasteiger partial charge on any atom is 0.243 e. The van der Waals surface area contributed by atoms with E-state index in [1.165, 1.54) is 28.2 Å². The van der Waals surface area contributed by atoms with Crippen molar-refractivity contribution in [1.82, 2.24) is 13.9 Å². The average Bonchev–Trinajstić information content (AvgIpc) is 3.18. The summed E-state index contributed by atoms with van der Waals surface area (Å²) in [6.45, 7) is 5.36. The van der Waals surface area contributed by atoms with Gasteiger partial charge in [0.25, 0.3) is 0 Å². The summed E-state index contributed by atoms with van der Waals surface area (Å²) in [6, 6.07) is 9.43. The molecule has 4 rings (SSSR count). The van der Waals surface area contributed by atoms with Crippen molar-refractivity contribution in [3.05, 3.63) is 52.8 Å². The topological polar surface area (TPSA) is 73.7 Å². The lowest BCUT2D eigenvalue weighted by Crippen LogP contribution is -2.40. The minimum atomic E-state index is -3.62. The third kappa shape index (κ3) is 5.75. The van der Waals surface area contributed by atoms with Crippen LogP contribution in [-0.2, 0) is 31.8 Å². The van der Waals surface area contributed by atoms with Crippen LogP contribution in [-0.4, -0.2) is 61.8 Å². The van der Waals surface area contributed by atoms with Crippen LogP contribution in [0.2, 0.25) is 5.02 Å². The van der Waals surface area contributed by atoms with Gasteiger partial charge in [0.2, 0.25) is 10.0 Å². The number of sulfonamides is 1. The highest BCUT2D eigenvalue weighted by Crippen LogP contribution is 2.31. The molecule has 0 N–H and O–H groups in total. The van der Waals surface area contributed by atoms with E-state index in [0.717, 1.165) is 22.7 Å². The summed E-state index contributed by atoms with van der Waals surface area (Å²) < 4.78 is 53.9. The molecule has 1 saturated heterocycles. The highest BCUT2D eigenvalue weighted by Gasteiger charge is 2.27. The van der Waals surface area contributed by atoms with Gasteiger partial charge >= 0.3 is 0 Å². The van der Waals surface area contributed by atoms with Gasteiger partial charge in [-0.15, -0.1) is 0 Å². The number of morpholine rings is 1. The third-order valence-electron chi connectivity index (χ3n) is 5.54. The van der Waals surface area contributed by atoms with Gasteiger partial charge in [-0.1, -0.05) is 29.4 Å². The van der Waals surface area contributed by atoms with Crippen molar-refractivity contribution in [2.45, 2.75) is 35.7 Å². The second kappa shape index (κ2) is 11.4. The summed E-state index contributed by atoms with van der Waals surface area (Å²) in [5.74, 6) is 0.128. The number of aromatic nitrogens is 2. The Labute approximate surface area is 208 Å². The van der Waals surface area contributed by atoms with E-state index in [1.54, 1.807) is 18.2 Å². The molecule has 0 spiro atoms. The molecule has 2 heterocycles.